The molecule has 4 rings (SSSR count). The summed E-state index contributed by atoms with van der Waals surface area (Å²) >= 11 is 0. The van der Waals surface area contributed by atoms with E-state index in [4.69, 9.17) is 14.5 Å². The van der Waals surface area contributed by atoms with Gasteiger partial charge in [-0.25, -0.2) is 4.39 Å². The van der Waals surface area contributed by atoms with Crippen molar-refractivity contribution in [3.8, 4) is 22.8 Å². The van der Waals surface area contributed by atoms with E-state index in [1.807, 2.05) is 24.3 Å². The van der Waals surface area contributed by atoms with E-state index in [-0.39, 0.29) is 24.8 Å². The number of methoxy groups -OCH3 is 1. The summed E-state index contributed by atoms with van der Waals surface area (Å²) in [5, 5.41) is 9.30. The van der Waals surface area contributed by atoms with E-state index in [9.17, 15) is 14.3 Å². The third-order valence-corrected chi connectivity index (χ3v) is 6.35. The smallest absolute Gasteiger partial charge is 0.303 e. The van der Waals surface area contributed by atoms with E-state index in [1.54, 1.807) is 25.4 Å². The summed E-state index contributed by atoms with van der Waals surface area (Å²) in [4.78, 5) is 20.6. The molecule has 1 aromatic heterocycles. The van der Waals surface area contributed by atoms with Crippen LogP contribution in [0.5, 0.6) is 11.5 Å². The van der Waals surface area contributed by atoms with Crippen molar-refractivity contribution >= 4 is 5.97 Å². The zero-order valence-corrected chi connectivity index (χ0v) is 20.2. The summed E-state index contributed by atoms with van der Waals surface area (Å²) in [7, 11) is 1.55. The number of benzene rings is 2. The van der Waals surface area contributed by atoms with Crippen molar-refractivity contribution < 1.29 is 23.8 Å². The van der Waals surface area contributed by atoms with Crippen LogP contribution in [0.2, 0.25) is 0 Å². The van der Waals surface area contributed by atoms with Crippen molar-refractivity contribution in [2.75, 3.05) is 7.11 Å². The fourth-order valence-corrected chi connectivity index (χ4v) is 4.33. The number of aryl methyl sites for hydroxylation is 1. The van der Waals surface area contributed by atoms with Gasteiger partial charge >= 0.3 is 5.97 Å². The number of rotatable bonds is 12. The van der Waals surface area contributed by atoms with Crippen LogP contribution in [-0.2, 0) is 17.8 Å². The van der Waals surface area contributed by atoms with Crippen LogP contribution < -0.4 is 9.47 Å². The molecule has 35 heavy (non-hydrogen) atoms. The maximum Gasteiger partial charge on any atom is 0.303 e. The van der Waals surface area contributed by atoms with E-state index >= 15 is 0 Å². The minimum absolute atomic E-state index is 0.00790. The zero-order chi connectivity index (χ0) is 24.8. The Balaban J connectivity index is 1.54. The van der Waals surface area contributed by atoms with Gasteiger partial charge in [-0.2, -0.15) is 0 Å². The van der Waals surface area contributed by atoms with Gasteiger partial charge in [0.25, 0.3) is 0 Å². The van der Waals surface area contributed by atoms with Crippen LogP contribution in [0, 0.1) is 11.7 Å². The predicted molar refractivity (Wildman–Crippen MR) is 131 cm³/mol. The molecule has 1 aliphatic carbocycles. The molecule has 0 unspecified atom stereocenters. The topological polar surface area (TPSA) is 81.5 Å². The second-order valence-electron chi connectivity index (χ2n) is 9.01. The van der Waals surface area contributed by atoms with Crippen molar-refractivity contribution in [2.45, 2.75) is 58.0 Å². The molecule has 0 bridgehead atoms. The highest BCUT2D eigenvalue weighted by Crippen LogP contribution is 2.45. The van der Waals surface area contributed by atoms with Crippen LogP contribution in [-0.4, -0.2) is 28.2 Å². The van der Waals surface area contributed by atoms with Crippen molar-refractivity contribution in [3.63, 3.8) is 0 Å². The van der Waals surface area contributed by atoms with Crippen molar-refractivity contribution in [2.24, 2.45) is 5.92 Å². The maximum absolute atomic E-state index is 14.6. The SMILES string of the molecule is CCCCc1nc(COc2cccc([C@@H](CC(=O)O)C3CC3)c2)cnc1-c1cc(OC)ccc1F. The monoisotopic (exact) mass is 478 g/mol. The molecule has 0 saturated heterocycles. The highest BCUT2D eigenvalue weighted by atomic mass is 19.1. The first-order valence-corrected chi connectivity index (χ1v) is 12.1. The molecule has 0 amide bonds. The molecular weight excluding hydrogens is 447 g/mol. The Bertz CT molecular complexity index is 1180. The minimum Gasteiger partial charge on any atom is -0.497 e. The van der Waals surface area contributed by atoms with Gasteiger partial charge in [0.05, 0.1) is 36.8 Å². The number of hydrogen-bond donors (Lipinski definition) is 1. The molecule has 1 fully saturated rings. The molecule has 7 heteroatoms. The average molecular weight is 479 g/mol. The normalized spacial score (nSPS) is 13.9. The second kappa shape index (κ2) is 11.3. The lowest BCUT2D eigenvalue weighted by atomic mass is 9.91. The van der Waals surface area contributed by atoms with Crippen molar-refractivity contribution in [1.82, 2.24) is 9.97 Å². The summed E-state index contributed by atoms with van der Waals surface area (Å²) in [5.74, 6) is 0.509. The molecule has 1 heterocycles. The number of carboxylic acid groups (broad SMARTS) is 1. The van der Waals surface area contributed by atoms with Gasteiger partial charge in [-0.15, -0.1) is 0 Å². The number of aliphatic carboxylic acids is 1. The Morgan fingerprint density at radius 1 is 1.20 bits per heavy atom. The number of nitrogens with zero attached hydrogens (tertiary/aromatic N) is 2. The summed E-state index contributed by atoms with van der Waals surface area (Å²) < 4.78 is 25.9. The van der Waals surface area contributed by atoms with Crippen molar-refractivity contribution in [1.29, 1.82) is 0 Å². The Morgan fingerprint density at radius 2 is 2.03 bits per heavy atom. The van der Waals surface area contributed by atoms with Gasteiger partial charge in [0, 0.05) is 5.56 Å². The Kier molecular flexibility index (Phi) is 7.95. The molecule has 184 valence electrons. The van der Waals surface area contributed by atoms with Gasteiger partial charge in [0.15, 0.2) is 0 Å². The predicted octanol–water partition coefficient (Wildman–Crippen LogP) is 6.18. The summed E-state index contributed by atoms with van der Waals surface area (Å²) in [6, 6.07) is 12.3. The van der Waals surface area contributed by atoms with Crippen molar-refractivity contribution in [3.05, 3.63) is 71.4 Å². The second-order valence-corrected chi connectivity index (χ2v) is 9.01. The summed E-state index contributed by atoms with van der Waals surface area (Å²) in [6.07, 6.45) is 6.45. The first kappa shape index (κ1) is 24.6. The van der Waals surface area contributed by atoms with E-state index in [0.29, 0.717) is 40.8 Å². The quantitative estimate of drug-likeness (QED) is 0.335. The third-order valence-electron chi connectivity index (χ3n) is 6.35. The number of halogens is 1. The largest absolute Gasteiger partial charge is 0.497 e. The lowest BCUT2D eigenvalue weighted by Gasteiger charge is -2.16. The van der Waals surface area contributed by atoms with E-state index in [2.05, 4.69) is 11.9 Å². The van der Waals surface area contributed by atoms with E-state index in [0.717, 1.165) is 36.9 Å². The number of aromatic nitrogens is 2. The van der Waals surface area contributed by atoms with Gasteiger partial charge < -0.3 is 14.6 Å². The van der Waals surface area contributed by atoms with Crippen LogP contribution in [0.25, 0.3) is 11.3 Å². The molecule has 0 radical (unpaired) electrons. The van der Waals surface area contributed by atoms with Crippen LogP contribution in [0.15, 0.2) is 48.7 Å². The van der Waals surface area contributed by atoms with E-state index < -0.39 is 5.97 Å². The maximum atomic E-state index is 14.6. The number of unbranched alkanes of at least 4 members (excludes halogenated alkanes) is 1. The molecule has 0 aliphatic heterocycles. The molecule has 3 aromatic rings. The minimum atomic E-state index is -0.782. The fraction of sp³-hybridized carbons (Fsp3) is 0.393. The molecule has 2 aromatic carbocycles. The number of ether oxygens (including phenoxy) is 2. The van der Waals surface area contributed by atoms with Gasteiger partial charge in [-0.3, -0.25) is 14.8 Å². The lowest BCUT2D eigenvalue weighted by Crippen LogP contribution is -2.09. The van der Waals surface area contributed by atoms with Crippen LogP contribution in [0.1, 0.15) is 61.9 Å². The van der Waals surface area contributed by atoms with E-state index in [1.165, 1.54) is 6.07 Å². The first-order chi connectivity index (χ1) is 17.0. The third kappa shape index (κ3) is 6.35. The number of carbonyl (C=O) groups is 1. The summed E-state index contributed by atoms with van der Waals surface area (Å²) in [5.41, 5.74) is 3.25. The fourth-order valence-electron chi connectivity index (χ4n) is 4.33. The Labute approximate surface area is 205 Å². The summed E-state index contributed by atoms with van der Waals surface area (Å²) in [6.45, 7) is 2.31. The standard InChI is InChI=1S/C28H31FN2O4/c1-3-4-8-26-28(24-14-21(34-2)11-12-25(24)29)30-16-20(31-26)17-35-22-7-5-6-19(13-22)23(15-27(32)33)18-9-10-18/h5-7,11-14,16,18,23H,3-4,8-10,15,17H2,1-2H3,(H,32,33)/t23-/m0/s1. The molecule has 1 saturated carbocycles. The number of hydrogen-bond acceptors (Lipinski definition) is 5. The molecular formula is C28H31FN2O4. The van der Waals surface area contributed by atoms with Gasteiger partial charge in [-0.1, -0.05) is 25.5 Å². The van der Waals surface area contributed by atoms with Crippen LogP contribution in [0.4, 0.5) is 4.39 Å². The highest BCUT2D eigenvalue weighted by molar-refractivity contribution is 5.68. The van der Waals surface area contributed by atoms with Gasteiger partial charge in [0.1, 0.15) is 23.9 Å². The molecule has 0 spiro atoms. The molecule has 1 atom stereocenters. The lowest BCUT2D eigenvalue weighted by molar-refractivity contribution is -0.137. The van der Waals surface area contributed by atoms with Crippen LogP contribution in [0.3, 0.4) is 0 Å². The first-order valence-electron chi connectivity index (χ1n) is 12.1. The van der Waals surface area contributed by atoms with Crippen LogP contribution >= 0.6 is 0 Å². The number of carboxylic acids is 1. The zero-order valence-electron chi connectivity index (χ0n) is 20.2. The molecule has 1 N–H and O–H groups in total. The average Bonchev–Trinajstić information content (AvgIpc) is 3.71. The van der Waals surface area contributed by atoms with Gasteiger partial charge in [-0.05, 0) is 73.4 Å². The van der Waals surface area contributed by atoms with Gasteiger partial charge in [0.2, 0.25) is 0 Å². The Morgan fingerprint density at radius 3 is 2.74 bits per heavy atom. The highest BCUT2D eigenvalue weighted by Gasteiger charge is 2.33. The molecule has 1 aliphatic rings. The Hall–Kier alpha value is -3.48. The molecule has 6 nitrogen and oxygen atoms in total.